The number of amides is 1. The molecule has 0 saturated carbocycles. The third kappa shape index (κ3) is 3.79. The van der Waals surface area contributed by atoms with E-state index in [0.717, 1.165) is 16.5 Å². The van der Waals surface area contributed by atoms with Crippen LogP contribution in [0.15, 0.2) is 60.8 Å². The minimum absolute atomic E-state index is 0.0195. The summed E-state index contributed by atoms with van der Waals surface area (Å²) in [7, 11) is 0. The van der Waals surface area contributed by atoms with Crippen LogP contribution in [0.4, 0.5) is 0 Å². The second kappa shape index (κ2) is 7.34. The Kier molecular flexibility index (Phi) is 4.98. The molecule has 1 amide bonds. The van der Waals surface area contributed by atoms with Crippen molar-refractivity contribution in [2.75, 3.05) is 6.54 Å². The fraction of sp³-hybridized carbons (Fsp3) is 0.238. The molecule has 0 fully saturated rings. The topological polar surface area (TPSA) is 51.1 Å². The quantitative estimate of drug-likeness (QED) is 0.698. The van der Waals surface area contributed by atoms with Gasteiger partial charge in [0.1, 0.15) is 0 Å². The molecule has 1 N–H and O–H groups in total. The molecule has 0 aliphatic heterocycles. The second-order valence-corrected chi connectivity index (χ2v) is 6.42. The summed E-state index contributed by atoms with van der Waals surface area (Å²) in [6.45, 7) is 4.26. The molecule has 0 saturated heterocycles. The highest BCUT2D eigenvalue weighted by Gasteiger charge is 2.14. The molecule has 4 nitrogen and oxygen atoms in total. The summed E-state index contributed by atoms with van der Waals surface area (Å²) in [5.41, 5.74) is 2.72. The highest BCUT2D eigenvalue weighted by molar-refractivity contribution is 5.99. The van der Waals surface area contributed by atoms with E-state index in [0.29, 0.717) is 11.6 Å². The molecule has 1 heterocycles. The van der Waals surface area contributed by atoms with Crippen LogP contribution < -0.4 is 5.32 Å². The number of hydrogen-bond donors (Lipinski definition) is 1. The van der Waals surface area contributed by atoms with Gasteiger partial charge < -0.3 is 9.88 Å². The molecule has 0 spiro atoms. The van der Waals surface area contributed by atoms with Crippen molar-refractivity contribution in [1.29, 1.82) is 0 Å². The van der Waals surface area contributed by atoms with Crippen molar-refractivity contribution in [3.63, 3.8) is 0 Å². The zero-order chi connectivity index (χ0) is 17.8. The van der Waals surface area contributed by atoms with Crippen molar-refractivity contribution in [2.24, 2.45) is 0 Å². The number of nitrogens with one attached hydrogen (secondary N) is 1. The van der Waals surface area contributed by atoms with Crippen LogP contribution in [0.25, 0.3) is 10.9 Å². The fourth-order valence-electron chi connectivity index (χ4n) is 2.99. The minimum atomic E-state index is -0.143. The molecule has 4 heteroatoms. The predicted octanol–water partition coefficient (Wildman–Crippen LogP) is 3.76. The van der Waals surface area contributed by atoms with E-state index < -0.39 is 0 Å². The third-order valence-electron chi connectivity index (χ3n) is 4.27. The molecule has 25 heavy (non-hydrogen) atoms. The van der Waals surface area contributed by atoms with Gasteiger partial charge in [0.25, 0.3) is 0 Å². The molecule has 3 rings (SSSR count). The summed E-state index contributed by atoms with van der Waals surface area (Å²) < 4.78 is 2.17. The van der Waals surface area contributed by atoms with Crippen molar-refractivity contribution in [2.45, 2.75) is 26.3 Å². The summed E-state index contributed by atoms with van der Waals surface area (Å²) in [6.07, 6.45) is 2.30. The first-order valence-electron chi connectivity index (χ1n) is 8.49. The van der Waals surface area contributed by atoms with Gasteiger partial charge in [0.2, 0.25) is 5.91 Å². The van der Waals surface area contributed by atoms with Crippen molar-refractivity contribution in [1.82, 2.24) is 9.88 Å². The van der Waals surface area contributed by atoms with E-state index in [1.54, 1.807) is 12.1 Å². The minimum Gasteiger partial charge on any atom is -0.348 e. The maximum absolute atomic E-state index is 12.3. The number of carbonyl (C=O) groups excluding carboxylic acids is 2. The number of rotatable bonds is 6. The smallest absolute Gasteiger partial charge is 0.224 e. The zero-order valence-electron chi connectivity index (χ0n) is 14.5. The first-order chi connectivity index (χ1) is 12.1. The van der Waals surface area contributed by atoms with E-state index in [1.807, 2.05) is 42.6 Å². The zero-order valence-corrected chi connectivity index (χ0v) is 14.5. The molecular formula is C21H22N2O2. The Hall–Kier alpha value is -2.88. The number of para-hydroxylation sites is 1. The normalized spacial score (nSPS) is 11.0. The van der Waals surface area contributed by atoms with Crippen LogP contribution >= 0.6 is 0 Å². The highest BCUT2D eigenvalue weighted by atomic mass is 16.2. The Bertz CT molecular complexity index is 895. The molecule has 0 unspecified atom stereocenters. The van der Waals surface area contributed by atoms with Crippen LogP contribution in [-0.4, -0.2) is 22.8 Å². The number of carbonyl (C=O) groups is 2. The highest BCUT2D eigenvalue weighted by Crippen LogP contribution is 2.24. The van der Waals surface area contributed by atoms with Gasteiger partial charge in [-0.2, -0.15) is 0 Å². The molecule has 2 aromatic carbocycles. The van der Waals surface area contributed by atoms with Gasteiger partial charge in [-0.3, -0.25) is 9.59 Å². The van der Waals surface area contributed by atoms with Crippen molar-refractivity contribution in [3.05, 3.63) is 71.9 Å². The van der Waals surface area contributed by atoms with Gasteiger partial charge >= 0.3 is 0 Å². The van der Waals surface area contributed by atoms with Crippen LogP contribution in [0.5, 0.6) is 0 Å². The molecule has 0 atom stereocenters. The maximum atomic E-state index is 12.3. The van der Waals surface area contributed by atoms with E-state index >= 15 is 0 Å². The van der Waals surface area contributed by atoms with Gasteiger partial charge in [0.05, 0.1) is 13.0 Å². The lowest BCUT2D eigenvalue weighted by Gasteiger charge is -2.08. The molecule has 0 bridgehead atoms. The number of hydrogen-bond acceptors (Lipinski definition) is 2. The Morgan fingerprint density at radius 1 is 1.00 bits per heavy atom. The van der Waals surface area contributed by atoms with Crippen LogP contribution in [0.1, 0.15) is 35.8 Å². The SMILES string of the molecule is CC(C)n1cc(CC(=O)NCC(=O)c2ccccc2)c2ccccc21. The average Bonchev–Trinajstić information content (AvgIpc) is 2.99. The van der Waals surface area contributed by atoms with Gasteiger partial charge in [0.15, 0.2) is 5.78 Å². The Balaban J connectivity index is 1.69. The van der Waals surface area contributed by atoms with E-state index in [9.17, 15) is 9.59 Å². The molecule has 128 valence electrons. The molecule has 0 radical (unpaired) electrons. The molecule has 3 aromatic rings. The van der Waals surface area contributed by atoms with Gasteiger partial charge in [-0.1, -0.05) is 48.5 Å². The predicted molar refractivity (Wildman–Crippen MR) is 99.8 cm³/mol. The van der Waals surface area contributed by atoms with E-state index in [-0.39, 0.29) is 24.7 Å². The third-order valence-corrected chi connectivity index (χ3v) is 4.27. The number of ketones is 1. The summed E-state index contributed by atoms with van der Waals surface area (Å²) in [6, 6.07) is 17.4. The molecule has 0 aliphatic carbocycles. The molecule has 0 aliphatic rings. The van der Waals surface area contributed by atoms with Crippen LogP contribution in [0, 0.1) is 0 Å². The standard InChI is InChI=1S/C21H22N2O2/c1-15(2)23-14-17(18-10-6-7-11-19(18)23)12-21(25)22-13-20(24)16-8-4-3-5-9-16/h3-11,14-15H,12-13H2,1-2H3,(H,22,25). The average molecular weight is 334 g/mol. The second-order valence-electron chi connectivity index (χ2n) is 6.42. The summed E-state index contributed by atoms with van der Waals surface area (Å²) >= 11 is 0. The van der Waals surface area contributed by atoms with E-state index in [1.165, 1.54) is 0 Å². The first kappa shape index (κ1) is 17.0. The number of Topliss-reactive ketones (excluding diaryl/α,β-unsaturated/α-hetero) is 1. The van der Waals surface area contributed by atoms with E-state index in [2.05, 4.69) is 29.8 Å². The Morgan fingerprint density at radius 3 is 2.40 bits per heavy atom. The number of benzene rings is 2. The largest absolute Gasteiger partial charge is 0.348 e. The van der Waals surface area contributed by atoms with Gasteiger partial charge in [0, 0.05) is 28.7 Å². The lowest BCUT2D eigenvalue weighted by Crippen LogP contribution is -2.30. The number of nitrogens with zero attached hydrogens (tertiary/aromatic N) is 1. The summed E-state index contributed by atoms with van der Waals surface area (Å²) in [5.74, 6) is -0.227. The Labute approximate surface area is 147 Å². The van der Waals surface area contributed by atoms with Gasteiger partial charge in [-0.15, -0.1) is 0 Å². The van der Waals surface area contributed by atoms with Crippen molar-refractivity contribution < 1.29 is 9.59 Å². The number of fused-ring (bicyclic) bond motifs is 1. The first-order valence-corrected chi connectivity index (χ1v) is 8.49. The lowest BCUT2D eigenvalue weighted by atomic mass is 10.1. The van der Waals surface area contributed by atoms with Crippen molar-refractivity contribution in [3.8, 4) is 0 Å². The Morgan fingerprint density at radius 2 is 1.68 bits per heavy atom. The monoisotopic (exact) mass is 334 g/mol. The van der Waals surface area contributed by atoms with Crippen molar-refractivity contribution >= 4 is 22.6 Å². The number of aromatic nitrogens is 1. The molecular weight excluding hydrogens is 312 g/mol. The maximum Gasteiger partial charge on any atom is 0.224 e. The van der Waals surface area contributed by atoms with Gasteiger partial charge in [-0.05, 0) is 25.5 Å². The van der Waals surface area contributed by atoms with E-state index in [4.69, 9.17) is 0 Å². The van der Waals surface area contributed by atoms with Gasteiger partial charge in [-0.25, -0.2) is 0 Å². The lowest BCUT2D eigenvalue weighted by molar-refractivity contribution is -0.120. The van der Waals surface area contributed by atoms with Crippen LogP contribution in [0.2, 0.25) is 0 Å². The van der Waals surface area contributed by atoms with Crippen LogP contribution in [-0.2, 0) is 11.2 Å². The summed E-state index contributed by atoms with van der Waals surface area (Å²) in [5, 5.41) is 3.82. The fourth-order valence-corrected chi connectivity index (χ4v) is 2.99. The summed E-state index contributed by atoms with van der Waals surface area (Å²) in [4.78, 5) is 24.4. The molecule has 1 aromatic heterocycles. The van der Waals surface area contributed by atoms with Crippen LogP contribution in [0.3, 0.4) is 0 Å².